The van der Waals surface area contributed by atoms with Gasteiger partial charge < -0.3 is 19.7 Å². The first kappa shape index (κ1) is 29.1. The Balaban J connectivity index is 0. The van der Waals surface area contributed by atoms with Crippen LogP contribution in [-0.4, -0.2) is 41.4 Å². The van der Waals surface area contributed by atoms with Crippen molar-refractivity contribution in [2.45, 2.75) is 18.7 Å². The second kappa shape index (κ2) is 13.9. The summed E-state index contributed by atoms with van der Waals surface area (Å²) < 4.78 is 27.0. The van der Waals surface area contributed by atoms with Gasteiger partial charge in [0.2, 0.25) is 0 Å². The zero-order chi connectivity index (χ0) is 22.6. The Morgan fingerprint density at radius 3 is 1.83 bits per heavy atom. The summed E-state index contributed by atoms with van der Waals surface area (Å²) >= 11 is 0. The first-order valence-electron chi connectivity index (χ1n) is 7.49. The summed E-state index contributed by atoms with van der Waals surface area (Å²) in [6.07, 6.45) is 0. The summed E-state index contributed by atoms with van der Waals surface area (Å²) in [5.74, 6) is -2.62. The van der Waals surface area contributed by atoms with Crippen LogP contribution in [0.15, 0.2) is 53.4 Å². The fourth-order valence-corrected chi connectivity index (χ4v) is 2.38. The van der Waals surface area contributed by atoms with E-state index in [9.17, 15) is 23.3 Å². The van der Waals surface area contributed by atoms with Crippen LogP contribution in [0.25, 0.3) is 4.72 Å². The Morgan fingerprint density at radius 1 is 1.00 bits per heavy atom. The molecule has 0 spiro atoms. The largest absolute Gasteiger partial charge is 2.00 e. The van der Waals surface area contributed by atoms with Crippen LogP contribution in [0, 0.1) is 16.2 Å². The van der Waals surface area contributed by atoms with Crippen molar-refractivity contribution in [1.29, 1.82) is 0 Å². The fraction of sp³-hybridized carbons (Fsp3) is 0.118. The van der Waals surface area contributed by atoms with Gasteiger partial charge in [-0.3, -0.25) is 19.7 Å². The van der Waals surface area contributed by atoms with Gasteiger partial charge in [-0.05, 0) is 12.1 Å². The molecule has 0 atom stereocenters. The number of sulfonamides is 1. The predicted molar refractivity (Wildman–Crippen MR) is 99.9 cm³/mol. The van der Waals surface area contributed by atoms with Gasteiger partial charge in [0.1, 0.15) is 10.0 Å². The predicted octanol–water partition coefficient (Wildman–Crippen LogP) is 2.48. The number of hydrogen-bond donors (Lipinski definition) is 2. The maximum absolute atomic E-state index is 11.9. The van der Waals surface area contributed by atoms with Crippen molar-refractivity contribution in [2.75, 3.05) is 0 Å². The molecule has 0 aliphatic carbocycles. The molecule has 30 heavy (non-hydrogen) atoms. The van der Waals surface area contributed by atoms with E-state index in [1.165, 1.54) is 12.1 Å². The van der Waals surface area contributed by atoms with E-state index in [0.717, 1.165) is 38.1 Å². The number of nitro benzene ring substituents is 1. The second-order valence-electron chi connectivity index (χ2n) is 4.94. The Hall–Kier alpha value is -3.14. The molecular weight excluding hydrogens is 515 g/mol. The summed E-state index contributed by atoms with van der Waals surface area (Å²) in [6.45, 7) is 2.17. The molecule has 0 saturated heterocycles. The number of carboxylic acid groups (broad SMARTS) is 2. The van der Waals surface area contributed by atoms with Crippen LogP contribution < -0.4 is 0 Å². The molecule has 0 unspecified atom stereocenters. The van der Waals surface area contributed by atoms with Crippen LogP contribution in [0.4, 0.5) is 5.69 Å². The molecule has 2 aromatic carbocycles. The number of carbonyl (C=O) groups excluding carboxylic acids is 1. The van der Waals surface area contributed by atoms with Crippen molar-refractivity contribution in [3.8, 4) is 0 Å². The molecule has 13 heteroatoms. The van der Waals surface area contributed by atoms with Gasteiger partial charge in [-0.1, -0.05) is 0 Å². The van der Waals surface area contributed by atoms with Gasteiger partial charge in [-0.25, -0.2) is 8.42 Å². The van der Waals surface area contributed by atoms with Crippen molar-refractivity contribution in [2.24, 2.45) is 0 Å². The molecule has 2 aromatic rings. The van der Waals surface area contributed by atoms with E-state index in [1.807, 2.05) is 0 Å². The van der Waals surface area contributed by atoms with E-state index in [4.69, 9.17) is 19.8 Å². The van der Waals surface area contributed by atoms with Gasteiger partial charge in [0, 0.05) is 31.9 Å². The minimum absolute atomic E-state index is 0. The molecule has 164 valence electrons. The monoisotopic (exact) mass is 530 g/mol. The first-order valence-corrected chi connectivity index (χ1v) is 8.93. The molecule has 0 aliphatic heterocycles. The van der Waals surface area contributed by atoms with Crippen LogP contribution in [0.3, 0.4) is 0 Å². The standard InChI is InChI=1S/C13H9N2O5S.2C2H4O2.Pd/c16-13(10-4-2-1-3-5-10)14-21(19,20)12-8-6-11(7-9-12)15(17)18;2*1-2(3)4;/h1-4,6-9H,(H,14,16);2*1H3,(H,3,4);/q-1;;;+2/p-1. The van der Waals surface area contributed by atoms with Crippen molar-refractivity contribution < 1.29 is 58.4 Å². The van der Waals surface area contributed by atoms with Crippen molar-refractivity contribution in [3.05, 3.63) is 75.0 Å². The molecule has 2 N–H and O–H groups in total. The zero-order valence-corrected chi connectivity index (χ0v) is 17.9. The Labute approximate surface area is 185 Å². The average Bonchev–Trinajstić information content (AvgIpc) is 2.61. The normalized spacial score (nSPS) is 9.27. The average molecular weight is 531 g/mol. The number of rotatable bonds is 4. The SMILES string of the molecule is CC(=O)O.CC(=O)O.O=C([N-]S(=O)(=O)c1ccc([N+](=O)[O-])cc1)c1[c-]cccc1.[Pd+2]. The minimum Gasteiger partial charge on any atom is -0.583 e. The van der Waals surface area contributed by atoms with Crippen molar-refractivity contribution in [3.63, 3.8) is 0 Å². The van der Waals surface area contributed by atoms with E-state index in [-0.39, 0.29) is 36.6 Å². The van der Waals surface area contributed by atoms with Crippen LogP contribution in [0.2, 0.25) is 0 Å². The van der Waals surface area contributed by atoms with Gasteiger partial charge in [-0.15, -0.1) is 35.9 Å². The fourth-order valence-electron chi connectivity index (χ4n) is 1.48. The number of hydrogen-bond acceptors (Lipinski definition) is 7. The molecule has 0 radical (unpaired) electrons. The van der Waals surface area contributed by atoms with Crippen molar-refractivity contribution >= 4 is 33.6 Å². The number of non-ortho nitro benzene ring substituents is 1. The molecule has 11 nitrogen and oxygen atoms in total. The smallest absolute Gasteiger partial charge is 0.583 e. The Kier molecular flexibility index (Phi) is 13.5. The van der Waals surface area contributed by atoms with E-state index in [2.05, 4.69) is 10.8 Å². The molecule has 0 aliphatic rings. The third-order valence-electron chi connectivity index (χ3n) is 2.49. The summed E-state index contributed by atoms with van der Waals surface area (Å²) in [7, 11) is -4.22. The third-order valence-corrected chi connectivity index (χ3v) is 3.76. The summed E-state index contributed by atoms with van der Waals surface area (Å²) in [5.41, 5.74) is -0.236. The van der Waals surface area contributed by atoms with E-state index < -0.39 is 32.8 Å². The number of nitro groups is 1. The Morgan fingerprint density at radius 2 is 1.47 bits per heavy atom. The molecule has 0 fully saturated rings. The molecule has 0 bridgehead atoms. The Bertz CT molecular complexity index is 942. The first-order chi connectivity index (χ1) is 13.4. The second-order valence-corrected chi connectivity index (χ2v) is 6.54. The van der Waals surface area contributed by atoms with Gasteiger partial charge in [0.25, 0.3) is 17.6 Å². The molecule has 1 amide bonds. The topological polar surface area (TPSA) is 183 Å². The number of amides is 1. The van der Waals surface area contributed by atoms with Crippen LogP contribution in [0.1, 0.15) is 24.2 Å². The number of carboxylic acids is 2. The third kappa shape index (κ3) is 12.3. The summed E-state index contributed by atoms with van der Waals surface area (Å²) in [4.78, 5) is 39.3. The van der Waals surface area contributed by atoms with Gasteiger partial charge >= 0.3 is 20.4 Å². The van der Waals surface area contributed by atoms with Gasteiger partial charge in [-0.2, -0.15) is 0 Å². The quantitative estimate of drug-likeness (QED) is 0.259. The summed E-state index contributed by atoms with van der Waals surface area (Å²) in [6, 6.07) is 12.7. The van der Waals surface area contributed by atoms with Crippen LogP contribution in [-0.2, 0) is 40.0 Å². The van der Waals surface area contributed by atoms with E-state index in [0.29, 0.717) is 0 Å². The number of nitrogens with zero attached hydrogens (tertiary/aromatic N) is 2. The van der Waals surface area contributed by atoms with Crippen molar-refractivity contribution in [1.82, 2.24) is 0 Å². The van der Waals surface area contributed by atoms with E-state index >= 15 is 0 Å². The molecular formula is C17H16N2O9PdS. The zero-order valence-electron chi connectivity index (χ0n) is 15.5. The molecule has 0 aromatic heterocycles. The minimum atomic E-state index is -4.22. The number of aliphatic carboxylic acids is 2. The van der Waals surface area contributed by atoms with Gasteiger partial charge in [0.05, 0.1) is 9.82 Å². The number of carbonyl (C=O) groups is 3. The van der Waals surface area contributed by atoms with Crippen LogP contribution in [0.5, 0.6) is 0 Å². The van der Waals surface area contributed by atoms with Crippen LogP contribution >= 0.6 is 0 Å². The maximum atomic E-state index is 11.9. The molecule has 2 rings (SSSR count). The summed E-state index contributed by atoms with van der Waals surface area (Å²) in [5, 5.41) is 25.3. The maximum Gasteiger partial charge on any atom is 2.00 e. The number of benzene rings is 2. The van der Waals surface area contributed by atoms with E-state index in [1.54, 1.807) is 12.1 Å². The molecule has 0 saturated carbocycles. The molecule has 0 heterocycles. The van der Waals surface area contributed by atoms with Gasteiger partial charge in [0.15, 0.2) is 0 Å².